The average molecular weight is 290 g/mol. The molecule has 0 unspecified atom stereocenters. The predicted molar refractivity (Wildman–Crippen MR) is 71.5 cm³/mol. The number of aryl methyl sites for hydroxylation is 2. The number of halogens is 1. The molecule has 1 heterocycles. The fourth-order valence-corrected chi connectivity index (χ4v) is 2.74. The van der Waals surface area contributed by atoms with Crippen molar-refractivity contribution in [3.8, 4) is 5.69 Å². The van der Waals surface area contributed by atoms with Crippen LogP contribution in [0.4, 0.5) is 0 Å². The zero-order chi connectivity index (χ0) is 12.0. The molecular weight excluding hydrogens is 276 g/mol. The number of rotatable bonds is 2. The number of hydrogen-bond acceptors (Lipinski definition) is 1. The van der Waals surface area contributed by atoms with Gasteiger partial charge in [-0.05, 0) is 83.9 Å². The summed E-state index contributed by atoms with van der Waals surface area (Å²) >= 11 is 3.57. The summed E-state index contributed by atoms with van der Waals surface area (Å²) in [5, 5.41) is 4.55. The van der Waals surface area contributed by atoms with Gasteiger partial charge in [0.1, 0.15) is 4.60 Å². The summed E-state index contributed by atoms with van der Waals surface area (Å²) in [6.07, 6.45) is 2.59. The van der Waals surface area contributed by atoms with E-state index in [9.17, 15) is 0 Å². The quantitative estimate of drug-likeness (QED) is 0.819. The van der Waals surface area contributed by atoms with E-state index in [1.54, 1.807) is 0 Å². The van der Waals surface area contributed by atoms with Crippen LogP contribution < -0.4 is 0 Å². The summed E-state index contributed by atoms with van der Waals surface area (Å²) in [4.78, 5) is 0. The first kappa shape index (κ1) is 11.0. The van der Waals surface area contributed by atoms with Crippen molar-refractivity contribution in [2.75, 3.05) is 0 Å². The van der Waals surface area contributed by atoms with Gasteiger partial charge in [-0.1, -0.05) is 0 Å². The van der Waals surface area contributed by atoms with Crippen LogP contribution in [-0.2, 0) is 0 Å². The summed E-state index contributed by atoms with van der Waals surface area (Å²) in [6, 6.07) is 9.65. The Morgan fingerprint density at radius 1 is 1.35 bits per heavy atom. The number of benzene rings is 1. The maximum atomic E-state index is 4.55. The van der Waals surface area contributed by atoms with Crippen molar-refractivity contribution in [2.45, 2.75) is 32.6 Å². The van der Waals surface area contributed by atoms with Gasteiger partial charge >= 0.3 is 0 Å². The highest BCUT2D eigenvalue weighted by Crippen LogP contribution is 2.43. The van der Waals surface area contributed by atoms with E-state index in [1.165, 1.54) is 24.1 Å². The lowest BCUT2D eigenvalue weighted by atomic mass is 10.1. The van der Waals surface area contributed by atoms with Gasteiger partial charge in [0.15, 0.2) is 0 Å². The Hall–Kier alpha value is -1.09. The van der Waals surface area contributed by atoms with Gasteiger partial charge in [0, 0.05) is 0 Å². The molecule has 87 valence electrons. The van der Waals surface area contributed by atoms with Crippen molar-refractivity contribution in [1.29, 1.82) is 0 Å². The molecule has 1 aromatic heterocycles. The summed E-state index contributed by atoms with van der Waals surface area (Å²) in [5.74, 6) is 0.707. The minimum absolute atomic E-state index is 0.707. The maximum Gasteiger partial charge on any atom is 0.110 e. The second kappa shape index (κ2) is 3.98. The molecule has 1 saturated carbocycles. The van der Waals surface area contributed by atoms with Crippen LogP contribution in [0.3, 0.4) is 0 Å². The first-order valence-corrected chi connectivity index (χ1v) is 6.69. The SMILES string of the molecule is Cc1[c]cc(C2CC2)c(-n2nc(C)cc2Br)c1. The van der Waals surface area contributed by atoms with Gasteiger partial charge in [-0.25, -0.2) is 4.68 Å². The molecule has 0 atom stereocenters. The van der Waals surface area contributed by atoms with Crippen LogP contribution in [0.25, 0.3) is 5.69 Å². The van der Waals surface area contributed by atoms with Crippen LogP contribution in [0.5, 0.6) is 0 Å². The minimum Gasteiger partial charge on any atom is -0.226 e. The highest BCUT2D eigenvalue weighted by Gasteiger charge is 2.27. The Balaban J connectivity index is 2.18. The fourth-order valence-electron chi connectivity index (χ4n) is 2.14. The second-order valence-corrected chi connectivity index (χ2v) is 5.56. The molecule has 0 aliphatic heterocycles. The summed E-state index contributed by atoms with van der Waals surface area (Å²) < 4.78 is 3.01. The van der Waals surface area contributed by atoms with E-state index in [2.05, 4.69) is 46.2 Å². The van der Waals surface area contributed by atoms with Crippen molar-refractivity contribution >= 4 is 15.9 Å². The van der Waals surface area contributed by atoms with Gasteiger partial charge in [-0.15, -0.1) is 0 Å². The minimum atomic E-state index is 0.707. The van der Waals surface area contributed by atoms with Crippen molar-refractivity contribution in [3.05, 3.63) is 45.7 Å². The molecule has 1 aromatic carbocycles. The molecule has 1 aliphatic carbocycles. The molecule has 0 N–H and O–H groups in total. The van der Waals surface area contributed by atoms with Crippen LogP contribution in [0.1, 0.15) is 35.6 Å². The van der Waals surface area contributed by atoms with E-state index >= 15 is 0 Å². The van der Waals surface area contributed by atoms with Gasteiger partial charge < -0.3 is 0 Å². The van der Waals surface area contributed by atoms with Crippen LogP contribution >= 0.6 is 15.9 Å². The van der Waals surface area contributed by atoms with E-state index in [-0.39, 0.29) is 0 Å². The monoisotopic (exact) mass is 289 g/mol. The third-order valence-electron chi connectivity index (χ3n) is 3.14. The normalized spacial score (nSPS) is 15.2. The van der Waals surface area contributed by atoms with Gasteiger partial charge in [0.2, 0.25) is 0 Å². The Morgan fingerprint density at radius 2 is 2.12 bits per heavy atom. The topological polar surface area (TPSA) is 17.8 Å². The van der Waals surface area contributed by atoms with Gasteiger partial charge in [-0.3, -0.25) is 0 Å². The smallest absolute Gasteiger partial charge is 0.110 e. The number of aromatic nitrogens is 2. The molecule has 1 radical (unpaired) electrons. The van der Waals surface area contributed by atoms with E-state index in [0.717, 1.165) is 15.9 Å². The maximum absolute atomic E-state index is 4.55. The summed E-state index contributed by atoms with van der Waals surface area (Å²) in [5.41, 5.74) is 4.76. The molecule has 0 saturated heterocycles. The van der Waals surface area contributed by atoms with Crippen molar-refractivity contribution in [3.63, 3.8) is 0 Å². The number of nitrogens with zero attached hydrogens (tertiary/aromatic N) is 2. The second-order valence-electron chi connectivity index (χ2n) is 4.75. The Labute approximate surface area is 110 Å². The average Bonchev–Trinajstić information content (AvgIpc) is 3.04. The molecule has 3 rings (SSSR count). The molecule has 2 nitrogen and oxygen atoms in total. The highest BCUT2D eigenvalue weighted by molar-refractivity contribution is 9.10. The van der Waals surface area contributed by atoms with Gasteiger partial charge in [-0.2, -0.15) is 5.10 Å². The molecule has 0 spiro atoms. The molecule has 1 aliphatic rings. The molecule has 2 aromatic rings. The van der Waals surface area contributed by atoms with E-state index in [4.69, 9.17) is 0 Å². The Kier molecular flexibility index (Phi) is 2.58. The van der Waals surface area contributed by atoms with Gasteiger partial charge in [0.05, 0.1) is 11.4 Å². The van der Waals surface area contributed by atoms with Crippen LogP contribution in [0.15, 0.2) is 22.8 Å². The third kappa shape index (κ3) is 2.04. The molecule has 0 amide bonds. The molecule has 17 heavy (non-hydrogen) atoms. The summed E-state index contributed by atoms with van der Waals surface area (Å²) in [6.45, 7) is 4.09. The Morgan fingerprint density at radius 3 is 2.71 bits per heavy atom. The van der Waals surface area contributed by atoms with E-state index in [0.29, 0.717) is 5.92 Å². The van der Waals surface area contributed by atoms with Crippen molar-refractivity contribution < 1.29 is 0 Å². The fraction of sp³-hybridized carbons (Fsp3) is 0.357. The zero-order valence-electron chi connectivity index (χ0n) is 10.00. The lowest BCUT2D eigenvalue weighted by Gasteiger charge is -2.10. The Bertz CT molecular complexity index is 568. The molecule has 3 heteroatoms. The zero-order valence-corrected chi connectivity index (χ0v) is 11.6. The standard InChI is InChI=1S/C14H14BrN2/c1-9-3-6-12(11-4-5-11)13(7-9)17-14(15)8-10(2)16-17/h6-8,11H,4-5H2,1-2H3. The largest absolute Gasteiger partial charge is 0.226 e. The van der Waals surface area contributed by atoms with Crippen molar-refractivity contribution in [1.82, 2.24) is 9.78 Å². The van der Waals surface area contributed by atoms with Crippen LogP contribution in [-0.4, -0.2) is 9.78 Å². The van der Waals surface area contributed by atoms with Gasteiger partial charge in [0.25, 0.3) is 0 Å². The van der Waals surface area contributed by atoms with E-state index < -0.39 is 0 Å². The number of hydrogen-bond donors (Lipinski definition) is 0. The molecular formula is C14H14BrN2. The predicted octanol–water partition coefficient (Wildman–Crippen LogP) is 3.93. The first-order valence-electron chi connectivity index (χ1n) is 5.90. The van der Waals surface area contributed by atoms with Crippen molar-refractivity contribution in [2.24, 2.45) is 0 Å². The summed E-state index contributed by atoms with van der Waals surface area (Å²) in [7, 11) is 0. The lowest BCUT2D eigenvalue weighted by molar-refractivity contribution is 0.828. The lowest BCUT2D eigenvalue weighted by Crippen LogP contribution is -2.02. The van der Waals surface area contributed by atoms with Crippen LogP contribution in [0.2, 0.25) is 0 Å². The first-order chi connectivity index (χ1) is 8.15. The van der Waals surface area contributed by atoms with E-state index in [1.807, 2.05) is 17.7 Å². The molecule has 1 fully saturated rings. The molecule has 0 bridgehead atoms. The third-order valence-corrected chi connectivity index (χ3v) is 3.70. The van der Waals surface area contributed by atoms with Crippen LogP contribution in [0, 0.1) is 19.9 Å². The highest BCUT2D eigenvalue weighted by atomic mass is 79.9.